The number of urea groups is 1. The van der Waals surface area contributed by atoms with Gasteiger partial charge in [-0.3, -0.25) is 0 Å². The number of hydrogen-bond acceptors (Lipinski definition) is 3. The lowest BCUT2D eigenvalue weighted by atomic mass is 9.95. The normalized spacial score (nSPS) is 23.4. The van der Waals surface area contributed by atoms with E-state index in [1.165, 1.54) is 0 Å². The first-order chi connectivity index (χ1) is 9.18. The molecule has 0 spiro atoms. The Labute approximate surface area is 113 Å². The zero-order valence-electron chi connectivity index (χ0n) is 11.0. The van der Waals surface area contributed by atoms with Gasteiger partial charge in [0.05, 0.1) is 5.60 Å². The molecule has 2 rings (SSSR count). The first kappa shape index (κ1) is 13.8. The average Bonchev–Trinajstić information content (AvgIpc) is 2.63. The van der Waals surface area contributed by atoms with E-state index in [0.29, 0.717) is 12.8 Å². The van der Waals surface area contributed by atoms with Gasteiger partial charge < -0.3 is 21.1 Å². The summed E-state index contributed by atoms with van der Waals surface area (Å²) in [5, 5.41) is 19.1. The van der Waals surface area contributed by atoms with E-state index in [2.05, 4.69) is 16.0 Å². The number of aliphatic hydroxyl groups is 1. The maximum absolute atomic E-state index is 11.7. The molecular formula is C14H21N3O2. The molecule has 2 amide bonds. The highest BCUT2D eigenvalue weighted by Crippen LogP contribution is 2.18. The fourth-order valence-corrected chi connectivity index (χ4v) is 2.23. The molecule has 19 heavy (non-hydrogen) atoms. The summed E-state index contributed by atoms with van der Waals surface area (Å²) in [4.78, 5) is 11.7. The SMILES string of the molecule is O=C(NCC1(O)CCCNCC1)Nc1ccccc1. The van der Waals surface area contributed by atoms with Crippen molar-refractivity contribution in [1.29, 1.82) is 0 Å². The highest BCUT2D eigenvalue weighted by molar-refractivity contribution is 5.89. The molecular weight excluding hydrogens is 242 g/mol. The average molecular weight is 263 g/mol. The van der Waals surface area contributed by atoms with Crippen molar-refractivity contribution in [1.82, 2.24) is 10.6 Å². The number of hydrogen-bond donors (Lipinski definition) is 4. The van der Waals surface area contributed by atoms with E-state index in [1.807, 2.05) is 30.3 Å². The summed E-state index contributed by atoms with van der Waals surface area (Å²) in [6, 6.07) is 8.98. The van der Waals surface area contributed by atoms with Crippen molar-refractivity contribution in [2.45, 2.75) is 24.9 Å². The lowest BCUT2D eigenvalue weighted by molar-refractivity contribution is 0.0312. The van der Waals surface area contributed by atoms with E-state index < -0.39 is 5.60 Å². The van der Waals surface area contributed by atoms with Crippen LogP contribution in [0.25, 0.3) is 0 Å². The molecule has 1 aromatic carbocycles. The third kappa shape index (κ3) is 4.54. The molecule has 0 aromatic heterocycles. The summed E-state index contributed by atoms with van der Waals surface area (Å²) in [5.74, 6) is 0. The van der Waals surface area contributed by atoms with E-state index in [-0.39, 0.29) is 12.6 Å². The summed E-state index contributed by atoms with van der Waals surface area (Å²) < 4.78 is 0. The minimum absolute atomic E-state index is 0.281. The van der Waals surface area contributed by atoms with Crippen LogP contribution in [0, 0.1) is 0 Å². The zero-order valence-corrected chi connectivity index (χ0v) is 11.0. The zero-order chi connectivity index (χ0) is 13.6. The number of rotatable bonds is 3. The van der Waals surface area contributed by atoms with E-state index in [0.717, 1.165) is 25.2 Å². The van der Waals surface area contributed by atoms with E-state index in [9.17, 15) is 9.90 Å². The molecule has 4 N–H and O–H groups in total. The second-order valence-electron chi connectivity index (χ2n) is 5.00. The quantitative estimate of drug-likeness (QED) is 0.664. The van der Waals surface area contributed by atoms with Gasteiger partial charge in [0.25, 0.3) is 0 Å². The second kappa shape index (κ2) is 6.54. The van der Waals surface area contributed by atoms with Crippen molar-refractivity contribution in [3.05, 3.63) is 30.3 Å². The van der Waals surface area contributed by atoms with Crippen LogP contribution in [0.1, 0.15) is 19.3 Å². The minimum Gasteiger partial charge on any atom is -0.388 e. The molecule has 0 radical (unpaired) electrons. The van der Waals surface area contributed by atoms with Gasteiger partial charge in [0.1, 0.15) is 0 Å². The number of para-hydroxylation sites is 1. The molecule has 1 atom stereocenters. The van der Waals surface area contributed by atoms with Crippen molar-refractivity contribution in [3.63, 3.8) is 0 Å². The standard InChI is InChI=1S/C14H21N3O2/c18-13(17-12-5-2-1-3-6-12)16-11-14(19)7-4-9-15-10-8-14/h1-3,5-6,15,19H,4,7-11H2,(H2,16,17,18). The molecule has 1 unspecified atom stereocenters. The third-order valence-electron chi connectivity index (χ3n) is 3.37. The number of nitrogens with one attached hydrogen (secondary N) is 3. The van der Waals surface area contributed by atoms with Gasteiger partial charge in [0.15, 0.2) is 0 Å². The first-order valence-corrected chi connectivity index (χ1v) is 6.71. The molecule has 104 valence electrons. The molecule has 1 aliphatic rings. The Kier molecular flexibility index (Phi) is 4.76. The highest BCUT2D eigenvalue weighted by atomic mass is 16.3. The largest absolute Gasteiger partial charge is 0.388 e. The minimum atomic E-state index is -0.794. The Balaban J connectivity index is 1.79. The molecule has 1 saturated heterocycles. The van der Waals surface area contributed by atoms with Gasteiger partial charge in [0, 0.05) is 12.2 Å². The van der Waals surface area contributed by atoms with Crippen LogP contribution in [0.15, 0.2) is 30.3 Å². The van der Waals surface area contributed by atoms with E-state index in [4.69, 9.17) is 0 Å². The monoisotopic (exact) mass is 263 g/mol. The fourth-order valence-electron chi connectivity index (χ4n) is 2.23. The first-order valence-electron chi connectivity index (χ1n) is 6.71. The van der Waals surface area contributed by atoms with Crippen molar-refractivity contribution in [2.75, 3.05) is 25.0 Å². The van der Waals surface area contributed by atoms with E-state index in [1.54, 1.807) is 0 Å². The Morgan fingerprint density at radius 3 is 2.84 bits per heavy atom. The molecule has 1 aromatic rings. The topological polar surface area (TPSA) is 73.4 Å². The number of carbonyl (C=O) groups excluding carboxylic acids is 1. The van der Waals surface area contributed by atoms with Gasteiger partial charge >= 0.3 is 6.03 Å². The lowest BCUT2D eigenvalue weighted by Crippen LogP contribution is -2.44. The maximum atomic E-state index is 11.7. The van der Waals surface area contributed by atoms with Gasteiger partial charge in [0.2, 0.25) is 0 Å². The predicted molar refractivity (Wildman–Crippen MR) is 75.1 cm³/mol. The Morgan fingerprint density at radius 1 is 1.26 bits per heavy atom. The van der Waals surface area contributed by atoms with Gasteiger partial charge in [-0.1, -0.05) is 18.2 Å². The van der Waals surface area contributed by atoms with Crippen LogP contribution in [-0.2, 0) is 0 Å². The van der Waals surface area contributed by atoms with Crippen LogP contribution in [0.4, 0.5) is 10.5 Å². The molecule has 0 saturated carbocycles. The maximum Gasteiger partial charge on any atom is 0.319 e. The van der Waals surface area contributed by atoms with E-state index >= 15 is 0 Å². The summed E-state index contributed by atoms with van der Waals surface area (Å²) in [6.07, 6.45) is 2.31. The highest BCUT2D eigenvalue weighted by Gasteiger charge is 2.28. The lowest BCUT2D eigenvalue weighted by Gasteiger charge is -2.26. The van der Waals surface area contributed by atoms with Crippen LogP contribution < -0.4 is 16.0 Å². The summed E-state index contributed by atoms with van der Waals surface area (Å²) in [5.41, 5.74) is -0.0492. The van der Waals surface area contributed by atoms with Crippen molar-refractivity contribution in [2.24, 2.45) is 0 Å². The molecule has 1 fully saturated rings. The van der Waals surface area contributed by atoms with Crippen LogP contribution in [-0.4, -0.2) is 36.4 Å². The van der Waals surface area contributed by atoms with Gasteiger partial charge in [-0.2, -0.15) is 0 Å². The number of benzene rings is 1. The Bertz CT molecular complexity index is 400. The van der Waals surface area contributed by atoms with Crippen LogP contribution in [0.2, 0.25) is 0 Å². The Hall–Kier alpha value is -1.59. The number of anilines is 1. The van der Waals surface area contributed by atoms with Crippen LogP contribution in [0.3, 0.4) is 0 Å². The summed E-state index contributed by atoms with van der Waals surface area (Å²) in [6.45, 7) is 2.00. The molecule has 5 heteroatoms. The molecule has 1 heterocycles. The van der Waals surface area contributed by atoms with Crippen LogP contribution >= 0.6 is 0 Å². The third-order valence-corrected chi connectivity index (χ3v) is 3.37. The van der Waals surface area contributed by atoms with Gasteiger partial charge in [-0.25, -0.2) is 4.79 Å². The Morgan fingerprint density at radius 2 is 2.05 bits per heavy atom. The van der Waals surface area contributed by atoms with Gasteiger partial charge in [-0.05, 0) is 44.5 Å². The molecule has 0 bridgehead atoms. The fraction of sp³-hybridized carbons (Fsp3) is 0.500. The molecule has 0 aliphatic carbocycles. The summed E-state index contributed by atoms with van der Waals surface area (Å²) >= 11 is 0. The van der Waals surface area contributed by atoms with Crippen LogP contribution in [0.5, 0.6) is 0 Å². The predicted octanol–water partition coefficient (Wildman–Crippen LogP) is 1.31. The van der Waals surface area contributed by atoms with Crippen molar-refractivity contribution in [3.8, 4) is 0 Å². The van der Waals surface area contributed by atoms with Gasteiger partial charge in [-0.15, -0.1) is 0 Å². The van der Waals surface area contributed by atoms with Crippen molar-refractivity contribution >= 4 is 11.7 Å². The van der Waals surface area contributed by atoms with Crippen molar-refractivity contribution < 1.29 is 9.90 Å². The second-order valence-corrected chi connectivity index (χ2v) is 5.00. The number of carbonyl (C=O) groups is 1. The smallest absolute Gasteiger partial charge is 0.319 e. The molecule has 5 nitrogen and oxygen atoms in total. The number of amides is 2. The summed E-state index contributed by atoms with van der Waals surface area (Å²) in [7, 11) is 0. The molecule has 1 aliphatic heterocycles.